The smallest absolute Gasteiger partial charge is 0.408 e. The van der Waals surface area contributed by atoms with Crippen LogP contribution in [0.3, 0.4) is 0 Å². The van der Waals surface area contributed by atoms with Gasteiger partial charge in [0.25, 0.3) is 5.91 Å². The number of unbranched alkanes of at least 4 members (excludes halogenated alkanes) is 2. The summed E-state index contributed by atoms with van der Waals surface area (Å²) < 4.78 is 5.50. The highest BCUT2D eigenvalue weighted by Gasteiger charge is 2.38. The van der Waals surface area contributed by atoms with Gasteiger partial charge in [-0.3, -0.25) is 9.59 Å². The second-order valence-corrected chi connectivity index (χ2v) is 11.6. The summed E-state index contributed by atoms with van der Waals surface area (Å²) in [4.78, 5) is 43.2. The standard InChI is InChI=1S/C34H47N3O4/c1-10-13-16-22-37(32(39)29(23(4)11-2)36-33(40)41-34(7,8)9)30(27-21-15-14-20-26(27)12-3)31(38)35-28-24(5)18-17-19-25(28)6/h3,14-15,17-21,23,29-30H,10-11,13,16,22H2,1-2,4-9H3,(H,35,38)(H,36,40). The molecule has 3 amide bonds. The van der Waals surface area contributed by atoms with Crippen LogP contribution >= 0.6 is 0 Å². The van der Waals surface area contributed by atoms with Crippen molar-refractivity contribution in [1.82, 2.24) is 10.2 Å². The van der Waals surface area contributed by atoms with Crippen molar-refractivity contribution in [3.63, 3.8) is 0 Å². The highest BCUT2D eigenvalue weighted by molar-refractivity contribution is 6.00. The molecule has 0 aliphatic heterocycles. The van der Waals surface area contributed by atoms with E-state index in [2.05, 4.69) is 23.5 Å². The SMILES string of the molecule is C#Cc1ccccc1C(C(=O)Nc1c(C)cccc1C)N(CCCCC)C(=O)C(NC(=O)OC(C)(C)C)C(C)CC. The first-order valence-electron chi connectivity index (χ1n) is 14.6. The predicted octanol–water partition coefficient (Wildman–Crippen LogP) is 6.92. The lowest BCUT2D eigenvalue weighted by molar-refractivity contribution is -0.142. The summed E-state index contributed by atoms with van der Waals surface area (Å²) in [5.74, 6) is 1.76. The minimum atomic E-state index is -1.02. The summed E-state index contributed by atoms with van der Waals surface area (Å²) in [7, 11) is 0. The van der Waals surface area contributed by atoms with Gasteiger partial charge in [0.2, 0.25) is 5.91 Å². The Labute approximate surface area is 246 Å². The molecule has 0 fully saturated rings. The van der Waals surface area contributed by atoms with Gasteiger partial charge in [-0.2, -0.15) is 0 Å². The Hall–Kier alpha value is -3.79. The quantitative estimate of drug-likeness (QED) is 0.217. The first-order valence-corrected chi connectivity index (χ1v) is 14.6. The number of carbonyl (C=O) groups excluding carboxylic acids is 3. The van der Waals surface area contributed by atoms with Crippen molar-refractivity contribution >= 4 is 23.6 Å². The van der Waals surface area contributed by atoms with E-state index in [0.29, 0.717) is 36.2 Å². The maximum atomic E-state index is 14.5. The molecule has 0 saturated carbocycles. The molecule has 0 bridgehead atoms. The summed E-state index contributed by atoms with van der Waals surface area (Å²) in [6, 6.07) is 11.1. The number of hydrogen-bond donors (Lipinski definition) is 2. The number of aryl methyl sites for hydroxylation is 2. The van der Waals surface area contributed by atoms with Gasteiger partial charge in [-0.1, -0.05) is 82.4 Å². The average molecular weight is 562 g/mol. The molecule has 7 nitrogen and oxygen atoms in total. The molecule has 2 aromatic carbocycles. The van der Waals surface area contributed by atoms with E-state index in [1.165, 1.54) is 0 Å². The zero-order chi connectivity index (χ0) is 30.7. The van der Waals surface area contributed by atoms with Crippen LogP contribution in [0, 0.1) is 32.1 Å². The molecule has 3 unspecified atom stereocenters. The van der Waals surface area contributed by atoms with Crippen molar-refractivity contribution < 1.29 is 19.1 Å². The van der Waals surface area contributed by atoms with Gasteiger partial charge < -0.3 is 20.3 Å². The van der Waals surface area contributed by atoms with E-state index in [1.54, 1.807) is 37.8 Å². The van der Waals surface area contributed by atoms with Crippen LogP contribution in [0.2, 0.25) is 0 Å². The molecule has 0 radical (unpaired) electrons. The summed E-state index contributed by atoms with van der Waals surface area (Å²) in [6.45, 7) is 15.4. The summed E-state index contributed by atoms with van der Waals surface area (Å²) in [6.07, 6.45) is 8.34. The van der Waals surface area contributed by atoms with Gasteiger partial charge in [0.1, 0.15) is 17.7 Å². The molecule has 0 aliphatic carbocycles. The van der Waals surface area contributed by atoms with E-state index in [0.717, 1.165) is 24.0 Å². The Balaban J connectivity index is 2.67. The van der Waals surface area contributed by atoms with Crippen LogP contribution in [0.15, 0.2) is 42.5 Å². The fourth-order valence-corrected chi connectivity index (χ4v) is 4.72. The molecule has 2 N–H and O–H groups in total. The zero-order valence-corrected chi connectivity index (χ0v) is 26.0. The van der Waals surface area contributed by atoms with Crippen molar-refractivity contribution in [3.05, 3.63) is 64.7 Å². The van der Waals surface area contributed by atoms with Gasteiger partial charge >= 0.3 is 6.09 Å². The normalized spacial score (nSPS) is 13.3. The van der Waals surface area contributed by atoms with Crippen LogP contribution in [0.25, 0.3) is 0 Å². The number of ether oxygens (including phenoxy) is 1. The number of nitrogens with one attached hydrogen (secondary N) is 2. The molecule has 222 valence electrons. The minimum Gasteiger partial charge on any atom is -0.444 e. The molecular weight excluding hydrogens is 514 g/mol. The molecule has 0 heterocycles. The summed E-state index contributed by atoms with van der Waals surface area (Å²) >= 11 is 0. The highest BCUT2D eigenvalue weighted by atomic mass is 16.6. The fraction of sp³-hybridized carbons (Fsp3) is 0.500. The number of anilines is 1. The van der Waals surface area contributed by atoms with Gasteiger partial charge in [-0.05, 0) is 69.7 Å². The van der Waals surface area contributed by atoms with E-state index >= 15 is 0 Å². The predicted molar refractivity (Wildman–Crippen MR) is 166 cm³/mol. The van der Waals surface area contributed by atoms with Crippen LogP contribution in [0.5, 0.6) is 0 Å². The van der Waals surface area contributed by atoms with E-state index < -0.39 is 23.8 Å². The number of benzene rings is 2. The Morgan fingerprint density at radius 3 is 2.20 bits per heavy atom. The third-order valence-corrected chi connectivity index (χ3v) is 7.14. The zero-order valence-electron chi connectivity index (χ0n) is 26.0. The number of alkyl carbamates (subject to hydrolysis) is 1. The number of terminal acetylenes is 1. The van der Waals surface area contributed by atoms with Crippen LogP contribution in [0.1, 0.15) is 95.5 Å². The molecule has 41 heavy (non-hydrogen) atoms. The molecular formula is C34H47N3O4. The van der Waals surface area contributed by atoms with E-state index in [-0.39, 0.29) is 17.7 Å². The van der Waals surface area contributed by atoms with E-state index in [4.69, 9.17) is 11.2 Å². The summed E-state index contributed by atoms with van der Waals surface area (Å²) in [5, 5.41) is 5.91. The maximum absolute atomic E-state index is 14.5. The third-order valence-electron chi connectivity index (χ3n) is 7.14. The maximum Gasteiger partial charge on any atom is 0.408 e. The number of amides is 3. The van der Waals surface area contributed by atoms with Crippen LogP contribution in [0.4, 0.5) is 10.5 Å². The molecule has 2 aromatic rings. The van der Waals surface area contributed by atoms with Crippen molar-refractivity contribution in [1.29, 1.82) is 0 Å². The minimum absolute atomic E-state index is 0.214. The molecule has 0 aromatic heterocycles. The second kappa shape index (κ2) is 15.3. The number of carbonyl (C=O) groups is 3. The third kappa shape index (κ3) is 9.38. The lowest BCUT2D eigenvalue weighted by Gasteiger charge is -2.36. The molecule has 2 rings (SSSR count). The number of rotatable bonds is 12. The Bertz CT molecular complexity index is 1220. The Morgan fingerprint density at radius 2 is 1.63 bits per heavy atom. The fourth-order valence-electron chi connectivity index (χ4n) is 4.72. The van der Waals surface area contributed by atoms with Gasteiger partial charge in [0, 0.05) is 17.8 Å². The molecule has 3 atom stereocenters. The Morgan fingerprint density at radius 1 is 1.00 bits per heavy atom. The van der Waals surface area contributed by atoms with Crippen LogP contribution < -0.4 is 10.6 Å². The van der Waals surface area contributed by atoms with Gasteiger partial charge in [0.15, 0.2) is 0 Å². The average Bonchev–Trinajstić information content (AvgIpc) is 2.91. The van der Waals surface area contributed by atoms with Gasteiger partial charge in [-0.25, -0.2) is 4.79 Å². The number of nitrogens with zero attached hydrogens (tertiary/aromatic N) is 1. The lowest BCUT2D eigenvalue weighted by atomic mass is 9.93. The Kier molecular flexibility index (Phi) is 12.5. The second-order valence-electron chi connectivity index (χ2n) is 11.6. The summed E-state index contributed by atoms with van der Waals surface area (Å²) in [5.41, 5.74) is 2.89. The van der Waals surface area contributed by atoms with Crippen molar-refractivity contribution in [2.45, 2.75) is 98.8 Å². The van der Waals surface area contributed by atoms with Crippen molar-refractivity contribution in [3.8, 4) is 12.3 Å². The van der Waals surface area contributed by atoms with Crippen molar-refractivity contribution in [2.24, 2.45) is 5.92 Å². The monoisotopic (exact) mass is 561 g/mol. The number of hydrogen-bond acceptors (Lipinski definition) is 4. The van der Waals surface area contributed by atoms with E-state index in [1.807, 2.05) is 58.0 Å². The van der Waals surface area contributed by atoms with Crippen LogP contribution in [-0.4, -0.2) is 41.0 Å². The lowest BCUT2D eigenvalue weighted by Crippen LogP contribution is -2.55. The largest absolute Gasteiger partial charge is 0.444 e. The first-order chi connectivity index (χ1) is 19.3. The highest BCUT2D eigenvalue weighted by Crippen LogP contribution is 2.30. The van der Waals surface area contributed by atoms with Gasteiger partial charge in [0.05, 0.1) is 0 Å². The van der Waals surface area contributed by atoms with Crippen molar-refractivity contribution in [2.75, 3.05) is 11.9 Å². The van der Waals surface area contributed by atoms with Gasteiger partial charge in [-0.15, -0.1) is 6.42 Å². The van der Waals surface area contributed by atoms with Crippen LogP contribution in [-0.2, 0) is 14.3 Å². The molecule has 0 aliphatic rings. The molecule has 0 spiro atoms. The first kappa shape index (κ1) is 33.4. The molecule has 7 heteroatoms. The molecule has 0 saturated heterocycles. The number of para-hydroxylation sites is 1. The van der Waals surface area contributed by atoms with E-state index in [9.17, 15) is 14.4 Å². The topological polar surface area (TPSA) is 87.7 Å².